The van der Waals surface area contributed by atoms with Crippen LogP contribution in [0.1, 0.15) is 12.8 Å². The zero-order chi connectivity index (χ0) is 14.1. The second-order valence-corrected chi connectivity index (χ2v) is 4.44. The van der Waals surface area contributed by atoms with Crippen molar-refractivity contribution in [1.29, 1.82) is 0 Å². The van der Waals surface area contributed by atoms with E-state index in [1.54, 1.807) is 0 Å². The first kappa shape index (κ1) is 15.9. The van der Waals surface area contributed by atoms with Crippen LogP contribution in [0.2, 0.25) is 0 Å². The smallest absolute Gasteiger partial charge is 0.305 e. The molecule has 7 nitrogen and oxygen atoms in total. The summed E-state index contributed by atoms with van der Waals surface area (Å²) in [5.74, 6) is -0.350. The van der Waals surface area contributed by atoms with E-state index in [1.165, 1.54) is 7.11 Å². The minimum atomic E-state index is -0.270. The number of morpholine rings is 1. The average molecular weight is 274 g/mol. The van der Waals surface area contributed by atoms with Gasteiger partial charge in [-0.3, -0.25) is 14.5 Å². The predicted octanol–water partition coefficient (Wildman–Crippen LogP) is -1.25. The maximum atomic E-state index is 11.6. The van der Waals surface area contributed by atoms with Gasteiger partial charge in [-0.2, -0.15) is 0 Å². The van der Waals surface area contributed by atoms with Gasteiger partial charge in [-0.05, 0) is 6.42 Å². The molecule has 19 heavy (non-hydrogen) atoms. The van der Waals surface area contributed by atoms with Crippen LogP contribution in [0, 0.1) is 0 Å². The van der Waals surface area contributed by atoms with Crippen LogP contribution in [-0.4, -0.2) is 74.5 Å². The first-order chi connectivity index (χ1) is 9.15. The molecular formula is C12H22N2O5. The number of methoxy groups -OCH3 is 1. The molecule has 0 bridgehead atoms. The molecule has 0 aliphatic carbocycles. The fourth-order valence-corrected chi connectivity index (χ4v) is 1.86. The summed E-state index contributed by atoms with van der Waals surface area (Å²) >= 11 is 0. The molecular weight excluding hydrogens is 252 g/mol. The molecule has 110 valence electrons. The first-order valence-corrected chi connectivity index (χ1v) is 6.44. The molecule has 0 aromatic rings. The highest BCUT2D eigenvalue weighted by molar-refractivity contribution is 5.78. The maximum Gasteiger partial charge on any atom is 0.305 e. The SMILES string of the molecule is COC(=O)CCCNC(=O)CN1CCOC(CO)C1. The molecule has 2 N–H and O–H groups in total. The standard InChI is InChI=1S/C12H22N2O5/c1-18-12(17)3-2-4-13-11(16)8-14-5-6-19-10(7-14)9-15/h10,15H,2-9H2,1H3,(H,13,16). The van der Waals surface area contributed by atoms with Gasteiger partial charge in [-0.15, -0.1) is 0 Å². The highest BCUT2D eigenvalue weighted by Crippen LogP contribution is 2.03. The zero-order valence-corrected chi connectivity index (χ0v) is 11.3. The monoisotopic (exact) mass is 274 g/mol. The maximum absolute atomic E-state index is 11.6. The van der Waals surface area contributed by atoms with E-state index in [4.69, 9.17) is 9.84 Å². The summed E-state index contributed by atoms with van der Waals surface area (Å²) in [4.78, 5) is 24.5. The number of aliphatic hydroxyl groups is 1. The van der Waals surface area contributed by atoms with Gasteiger partial charge in [0.15, 0.2) is 0 Å². The van der Waals surface area contributed by atoms with Crippen LogP contribution in [0.15, 0.2) is 0 Å². The molecule has 1 amide bonds. The van der Waals surface area contributed by atoms with E-state index in [-0.39, 0.29) is 31.1 Å². The van der Waals surface area contributed by atoms with Crippen molar-refractivity contribution in [3.05, 3.63) is 0 Å². The summed E-state index contributed by atoms with van der Waals surface area (Å²) in [6.07, 6.45) is 0.669. The Kier molecular flexibility index (Phi) is 7.39. The number of amides is 1. The third-order valence-corrected chi connectivity index (χ3v) is 2.90. The lowest BCUT2D eigenvalue weighted by atomic mass is 10.2. The van der Waals surface area contributed by atoms with Crippen molar-refractivity contribution in [2.45, 2.75) is 18.9 Å². The molecule has 1 fully saturated rings. The summed E-state index contributed by atoms with van der Waals surface area (Å²) in [5, 5.41) is 11.7. The first-order valence-electron chi connectivity index (χ1n) is 6.44. The van der Waals surface area contributed by atoms with Gasteiger partial charge < -0.3 is 19.9 Å². The lowest BCUT2D eigenvalue weighted by Gasteiger charge is -2.31. The fourth-order valence-electron chi connectivity index (χ4n) is 1.86. The van der Waals surface area contributed by atoms with E-state index in [0.29, 0.717) is 39.1 Å². The minimum Gasteiger partial charge on any atom is -0.469 e. The fraction of sp³-hybridized carbons (Fsp3) is 0.833. The van der Waals surface area contributed by atoms with Crippen molar-refractivity contribution in [2.24, 2.45) is 0 Å². The molecule has 0 aromatic carbocycles. The van der Waals surface area contributed by atoms with Gasteiger partial charge in [0.1, 0.15) is 0 Å². The molecule has 1 atom stereocenters. The Morgan fingerprint density at radius 1 is 1.53 bits per heavy atom. The molecule has 1 saturated heterocycles. The summed E-state index contributed by atoms with van der Waals surface area (Å²) in [5.41, 5.74) is 0. The highest BCUT2D eigenvalue weighted by Gasteiger charge is 2.21. The molecule has 1 unspecified atom stereocenters. The third kappa shape index (κ3) is 6.51. The van der Waals surface area contributed by atoms with Crippen LogP contribution in [0.4, 0.5) is 0 Å². The Labute approximate surface area is 112 Å². The number of hydrogen-bond acceptors (Lipinski definition) is 6. The number of rotatable bonds is 7. The molecule has 0 aromatic heterocycles. The van der Waals surface area contributed by atoms with E-state index >= 15 is 0 Å². The molecule has 7 heteroatoms. The Morgan fingerprint density at radius 3 is 3.00 bits per heavy atom. The summed E-state index contributed by atoms with van der Waals surface area (Å²) in [7, 11) is 1.34. The largest absolute Gasteiger partial charge is 0.469 e. The third-order valence-electron chi connectivity index (χ3n) is 2.90. The molecule has 0 spiro atoms. The van der Waals surface area contributed by atoms with Crippen molar-refractivity contribution >= 4 is 11.9 Å². The summed E-state index contributed by atoms with van der Waals surface area (Å²) < 4.78 is 9.81. The number of aliphatic hydroxyl groups excluding tert-OH is 1. The van der Waals surface area contributed by atoms with Crippen molar-refractivity contribution in [3.8, 4) is 0 Å². The van der Waals surface area contributed by atoms with Gasteiger partial charge in [-0.25, -0.2) is 0 Å². The Bertz CT molecular complexity index is 298. The minimum absolute atomic E-state index is 0.0305. The van der Waals surface area contributed by atoms with Gasteiger partial charge in [0.25, 0.3) is 0 Å². The van der Waals surface area contributed by atoms with Crippen molar-refractivity contribution < 1.29 is 24.2 Å². The Hall–Kier alpha value is -1.18. The predicted molar refractivity (Wildman–Crippen MR) is 67.5 cm³/mol. The highest BCUT2D eigenvalue weighted by atomic mass is 16.5. The van der Waals surface area contributed by atoms with Crippen LogP contribution in [0.3, 0.4) is 0 Å². The van der Waals surface area contributed by atoms with Crippen LogP contribution in [0.5, 0.6) is 0 Å². The van der Waals surface area contributed by atoms with Gasteiger partial charge in [0.2, 0.25) is 5.91 Å². The lowest BCUT2D eigenvalue weighted by molar-refractivity contribution is -0.140. The van der Waals surface area contributed by atoms with E-state index in [1.807, 2.05) is 4.90 Å². The van der Waals surface area contributed by atoms with Gasteiger partial charge in [0.05, 0.1) is 33.0 Å². The number of ether oxygens (including phenoxy) is 2. The van der Waals surface area contributed by atoms with Gasteiger partial charge in [-0.1, -0.05) is 0 Å². The van der Waals surface area contributed by atoms with E-state index in [9.17, 15) is 9.59 Å². The Morgan fingerprint density at radius 2 is 2.32 bits per heavy atom. The lowest BCUT2D eigenvalue weighted by Crippen LogP contribution is -2.48. The van der Waals surface area contributed by atoms with Crippen LogP contribution in [0.25, 0.3) is 0 Å². The van der Waals surface area contributed by atoms with E-state index in [2.05, 4.69) is 10.1 Å². The van der Waals surface area contributed by atoms with E-state index < -0.39 is 0 Å². The Balaban J connectivity index is 2.11. The van der Waals surface area contributed by atoms with Crippen LogP contribution < -0.4 is 5.32 Å². The average Bonchev–Trinajstić information content (AvgIpc) is 2.43. The normalized spacial score (nSPS) is 20.0. The molecule has 1 aliphatic rings. The molecule has 0 radical (unpaired) electrons. The second-order valence-electron chi connectivity index (χ2n) is 4.44. The zero-order valence-electron chi connectivity index (χ0n) is 11.3. The van der Waals surface area contributed by atoms with Crippen LogP contribution in [-0.2, 0) is 19.1 Å². The second kappa shape index (κ2) is 8.84. The van der Waals surface area contributed by atoms with Gasteiger partial charge in [0, 0.05) is 26.1 Å². The summed E-state index contributed by atoms with van der Waals surface area (Å²) in [6, 6.07) is 0. The molecule has 1 heterocycles. The molecule has 1 rings (SSSR count). The number of carbonyl (C=O) groups excluding carboxylic acids is 2. The molecule has 0 saturated carbocycles. The number of hydrogen-bond donors (Lipinski definition) is 2. The van der Waals surface area contributed by atoms with Crippen LogP contribution >= 0.6 is 0 Å². The molecule has 1 aliphatic heterocycles. The quantitative estimate of drug-likeness (QED) is 0.445. The topological polar surface area (TPSA) is 88.1 Å². The van der Waals surface area contributed by atoms with Crippen molar-refractivity contribution in [1.82, 2.24) is 10.2 Å². The number of nitrogens with one attached hydrogen (secondary N) is 1. The van der Waals surface area contributed by atoms with E-state index in [0.717, 1.165) is 0 Å². The summed E-state index contributed by atoms with van der Waals surface area (Å²) in [6.45, 7) is 2.50. The number of nitrogens with zero attached hydrogens (tertiary/aromatic N) is 1. The van der Waals surface area contributed by atoms with Crippen molar-refractivity contribution in [2.75, 3.05) is 46.5 Å². The van der Waals surface area contributed by atoms with Crippen molar-refractivity contribution in [3.63, 3.8) is 0 Å². The number of carbonyl (C=O) groups is 2. The number of esters is 1. The van der Waals surface area contributed by atoms with Gasteiger partial charge >= 0.3 is 5.97 Å².